The number of aromatic hydroxyl groups is 1. The van der Waals surface area contributed by atoms with Gasteiger partial charge in [0.1, 0.15) is 5.75 Å². The number of benzene rings is 2. The van der Waals surface area contributed by atoms with Crippen LogP contribution in [-0.2, 0) is 0 Å². The van der Waals surface area contributed by atoms with Crippen molar-refractivity contribution >= 4 is 5.97 Å². The largest absolute Gasteiger partial charge is 0.508 e. The fourth-order valence-electron chi connectivity index (χ4n) is 2.16. The molecule has 3 aromatic rings. The maximum atomic E-state index is 11.0. The molecule has 0 aliphatic heterocycles. The maximum absolute atomic E-state index is 11.0. The van der Waals surface area contributed by atoms with E-state index in [1.54, 1.807) is 6.20 Å². The molecule has 1 heterocycles. The lowest BCUT2D eigenvalue weighted by atomic mass is 10.0. The summed E-state index contributed by atoms with van der Waals surface area (Å²) in [7, 11) is 0. The number of hydrogen-bond donors (Lipinski definition) is 3. The Morgan fingerprint density at radius 3 is 2.29 bits per heavy atom. The van der Waals surface area contributed by atoms with E-state index < -0.39 is 5.97 Å². The molecule has 5 nitrogen and oxygen atoms in total. The van der Waals surface area contributed by atoms with Gasteiger partial charge in [-0.25, -0.2) is 4.79 Å². The molecular weight excluding hydrogens is 268 g/mol. The second-order valence-electron chi connectivity index (χ2n) is 4.62. The molecule has 0 unspecified atom stereocenters. The lowest BCUT2D eigenvalue weighted by molar-refractivity contribution is 0.0696. The van der Waals surface area contributed by atoms with Gasteiger partial charge in [-0.1, -0.05) is 24.3 Å². The number of carboxylic acid groups (broad SMARTS) is 1. The van der Waals surface area contributed by atoms with Gasteiger partial charge >= 0.3 is 5.97 Å². The average molecular weight is 280 g/mol. The Balaban J connectivity index is 1.99. The molecule has 0 amide bonds. The molecular formula is C16H12N2O3. The van der Waals surface area contributed by atoms with Gasteiger partial charge in [-0.15, -0.1) is 0 Å². The standard InChI is InChI=1S/C16H12N2O3/c19-14-8-12(7-13(9-14)16(20)21)10-1-3-11(4-2-10)15-5-6-17-18-15/h1-9,19H,(H,17,18)(H,20,21). The summed E-state index contributed by atoms with van der Waals surface area (Å²) >= 11 is 0. The molecule has 1 aromatic heterocycles. The fraction of sp³-hybridized carbons (Fsp3) is 0. The van der Waals surface area contributed by atoms with Crippen LogP contribution in [0.2, 0.25) is 0 Å². The highest BCUT2D eigenvalue weighted by Crippen LogP contribution is 2.27. The molecule has 0 saturated heterocycles. The van der Waals surface area contributed by atoms with Crippen LogP contribution >= 0.6 is 0 Å². The summed E-state index contributed by atoms with van der Waals surface area (Å²) in [6, 6.07) is 13.7. The van der Waals surface area contributed by atoms with Gasteiger partial charge in [-0.2, -0.15) is 5.10 Å². The smallest absolute Gasteiger partial charge is 0.335 e. The number of aromatic nitrogens is 2. The molecule has 0 fully saturated rings. The minimum atomic E-state index is -1.07. The number of nitrogens with zero attached hydrogens (tertiary/aromatic N) is 1. The van der Waals surface area contributed by atoms with Crippen LogP contribution in [0, 0.1) is 0 Å². The number of hydrogen-bond acceptors (Lipinski definition) is 3. The number of carboxylic acids is 1. The van der Waals surface area contributed by atoms with Gasteiger partial charge in [-0.05, 0) is 41.0 Å². The molecule has 3 N–H and O–H groups in total. The SMILES string of the molecule is O=C(O)c1cc(O)cc(-c2ccc(-c3ccn[nH]3)cc2)c1. The maximum Gasteiger partial charge on any atom is 0.335 e. The van der Waals surface area contributed by atoms with Crippen molar-refractivity contribution in [1.82, 2.24) is 10.2 Å². The zero-order valence-electron chi connectivity index (χ0n) is 10.9. The normalized spacial score (nSPS) is 10.5. The molecule has 3 rings (SSSR count). The highest BCUT2D eigenvalue weighted by atomic mass is 16.4. The molecule has 0 spiro atoms. The molecule has 0 aliphatic carbocycles. The Hall–Kier alpha value is -3.08. The van der Waals surface area contributed by atoms with Crippen LogP contribution in [0.25, 0.3) is 22.4 Å². The molecule has 21 heavy (non-hydrogen) atoms. The zero-order chi connectivity index (χ0) is 14.8. The van der Waals surface area contributed by atoms with Gasteiger partial charge < -0.3 is 10.2 Å². The Morgan fingerprint density at radius 1 is 0.952 bits per heavy atom. The van der Waals surface area contributed by atoms with E-state index in [2.05, 4.69) is 10.2 Å². The summed E-state index contributed by atoms with van der Waals surface area (Å²) < 4.78 is 0. The van der Waals surface area contributed by atoms with Crippen LogP contribution in [-0.4, -0.2) is 26.4 Å². The first kappa shape index (κ1) is 12.9. The first-order valence-electron chi connectivity index (χ1n) is 6.31. The van der Waals surface area contributed by atoms with Crippen molar-refractivity contribution < 1.29 is 15.0 Å². The zero-order valence-corrected chi connectivity index (χ0v) is 10.9. The average Bonchev–Trinajstić information content (AvgIpc) is 3.01. The van der Waals surface area contributed by atoms with Gasteiger partial charge in [0.25, 0.3) is 0 Å². The Kier molecular flexibility index (Phi) is 3.16. The molecule has 2 aromatic carbocycles. The van der Waals surface area contributed by atoms with Crippen LogP contribution < -0.4 is 0 Å². The molecule has 0 radical (unpaired) electrons. The van der Waals surface area contributed by atoms with E-state index in [-0.39, 0.29) is 11.3 Å². The van der Waals surface area contributed by atoms with E-state index in [1.807, 2.05) is 30.3 Å². The third-order valence-corrected chi connectivity index (χ3v) is 3.19. The predicted molar refractivity (Wildman–Crippen MR) is 78.1 cm³/mol. The van der Waals surface area contributed by atoms with E-state index in [1.165, 1.54) is 18.2 Å². The van der Waals surface area contributed by atoms with Gasteiger partial charge in [0.15, 0.2) is 0 Å². The second kappa shape index (κ2) is 5.13. The summed E-state index contributed by atoms with van der Waals surface area (Å²) in [6.07, 6.45) is 1.68. The van der Waals surface area contributed by atoms with Crippen molar-refractivity contribution in [2.75, 3.05) is 0 Å². The highest BCUT2D eigenvalue weighted by molar-refractivity contribution is 5.90. The van der Waals surface area contributed by atoms with Crippen LogP contribution in [0.3, 0.4) is 0 Å². The molecule has 104 valence electrons. The van der Waals surface area contributed by atoms with Gasteiger partial charge in [0.2, 0.25) is 0 Å². The topological polar surface area (TPSA) is 86.2 Å². The highest BCUT2D eigenvalue weighted by Gasteiger charge is 2.08. The summed E-state index contributed by atoms with van der Waals surface area (Å²) in [4.78, 5) is 11.0. The minimum Gasteiger partial charge on any atom is -0.508 e. The number of H-pyrrole nitrogens is 1. The number of aromatic amines is 1. The number of rotatable bonds is 3. The fourth-order valence-corrected chi connectivity index (χ4v) is 2.16. The Bertz CT molecular complexity index is 778. The molecule has 0 saturated carbocycles. The monoisotopic (exact) mass is 280 g/mol. The van der Waals surface area contributed by atoms with Crippen molar-refractivity contribution in [3.63, 3.8) is 0 Å². The van der Waals surface area contributed by atoms with Gasteiger partial charge in [0, 0.05) is 6.20 Å². The number of phenolic OH excluding ortho intramolecular Hbond substituents is 1. The predicted octanol–water partition coefficient (Wildman–Crippen LogP) is 3.15. The van der Waals surface area contributed by atoms with Crippen LogP contribution in [0.5, 0.6) is 5.75 Å². The number of carbonyl (C=O) groups is 1. The lowest BCUT2D eigenvalue weighted by Gasteiger charge is -2.06. The third kappa shape index (κ3) is 2.62. The molecule has 0 bridgehead atoms. The number of aromatic carboxylic acids is 1. The van der Waals surface area contributed by atoms with E-state index in [4.69, 9.17) is 5.11 Å². The molecule has 5 heteroatoms. The summed E-state index contributed by atoms with van der Waals surface area (Å²) in [5.74, 6) is -1.14. The number of nitrogens with one attached hydrogen (secondary N) is 1. The molecule has 0 aliphatic rings. The van der Waals surface area contributed by atoms with Crippen LogP contribution in [0.1, 0.15) is 10.4 Å². The van der Waals surface area contributed by atoms with Crippen molar-refractivity contribution in [1.29, 1.82) is 0 Å². The quantitative estimate of drug-likeness (QED) is 0.688. The summed E-state index contributed by atoms with van der Waals surface area (Å²) in [5.41, 5.74) is 3.43. The number of phenols is 1. The van der Waals surface area contributed by atoms with E-state index in [9.17, 15) is 9.90 Å². The van der Waals surface area contributed by atoms with E-state index >= 15 is 0 Å². The molecule has 0 atom stereocenters. The van der Waals surface area contributed by atoms with E-state index in [0.29, 0.717) is 5.56 Å². The lowest BCUT2D eigenvalue weighted by Crippen LogP contribution is -1.96. The second-order valence-corrected chi connectivity index (χ2v) is 4.62. The van der Waals surface area contributed by atoms with Gasteiger partial charge in [0.05, 0.1) is 11.3 Å². The van der Waals surface area contributed by atoms with Crippen molar-refractivity contribution in [2.45, 2.75) is 0 Å². The summed E-state index contributed by atoms with van der Waals surface area (Å²) in [5, 5.41) is 25.4. The minimum absolute atomic E-state index is 0.0580. The third-order valence-electron chi connectivity index (χ3n) is 3.19. The Labute approximate surface area is 120 Å². The first-order valence-corrected chi connectivity index (χ1v) is 6.31. The van der Waals surface area contributed by atoms with Crippen LogP contribution in [0.4, 0.5) is 0 Å². The Morgan fingerprint density at radius 2 is 1.67 bits per heavy atom. The van der Waals surface area contributed by atoms with Gasteiger partial charge in [-0.3, -0.25) is 5.10 Å². The van der Waals surface area contributed by atoms with Crippen molar-refractivity contribution in [2.24, 2.45) is 0 Å². The summed E-state index contributed by atoms with van der Waals surface area (Å²) in [6.45, 7) is 0. The van der Waals surface area contributed by atoms with Crippen molar-refractivity contribution in [3.8, 4) is 28.1 Å². The van der Waals surface area contributed by atoms with Crippen molar-refractivity contribution in [3.05, 3.63) is 60.3 Å². The van der Waals surface area contributed by atoms with E-state index in [0.717, 1.165) is 16.8 Å². The first-order chi connectivity index (χ1) is 10.1. The van der Waals surface area contributed by atoms with Crippen LogP contribution in [0.15, 0.2) is 54.7 Å².